The molecule has 11 heteroatoms. The van der Waals surface area contributed by atoms with Gasteiger partial charge in [-0.25, -0.2) is 8.97 Å². The van der Waals surface area contributed by atoms with Crippen LogP contribution < -0.4 is 5.56 Å². The maximum absolute atomic E-state index is 13.9. The SMILES string of the molecule is CCN(CC)C(=O)CSc1nnc2n(-c3ccc(Cl)cc3)c(=O)c3c4c(sc3n12)CN(C)CC4. The first-order chi connectivity index (χ1) is 16.4. The lowest BCUT2D eigenvalue weighted by atomic mass is 10.1. The fourth-order valence-electron chi connectivity index (χ4n) is 4.39. The molecule has 0 aliphatic carbocycles. The molecule has 0 saturated carbocycles. The number of carbonyl (C=O) groups is 1. The maximum atomic E-state index is 13.9. The van der Waals surface area contributed by atoms with Gasteiger partial charge in [-0.2, -0.15) is 0 Å². The molecule has 1 aromatic carbocycles. The molecule has 0 N–H and O–H groups in total. The second-order valence-corrected chi connectivity index (χ2v) is 10.7. The second-order valence-electron chi connectivity index (χ2n) is 8.26. The van der Waals surface area contributed by atoms with Crippen LogP contribution in [0.5, 0.6) is 0 Å². The summed E-state index contributed by atoms with van der Waals surface area (Å²) in [6.07, 6.45) is 0.818. The van der Waals surface area contributed by atoms with Crippen molar-refractivity contribution in [2.45, 2.75) is 32.0 Å². The van der Waals surface area contributed by atoms with Gasteiger partial charge in [-0.3, -0.25) is 9.59 Å². The normalized spacial score (nSPS) is 14.1. The van der Waals surface area contributed by atoms with Gasteiger partial charge in [0, 0.05) is 36.1 Å². The number of benzene rings is 1. The summed E-state index contributed by atoms with van der Waals surface area (Å²) in [5.41, 5.74) is 1.68. The van der Waals surface area contributed by atoms with Gasteiger partial charge in [0.15, 0.2) is 5.16 Å². The summed E-state index contributed by atoms with van der Waals surface area (Å²) < 4.78 is 3.54. The summed E-state index contributed by atoms with van der Waals surface area (Å²) in [6.45, 7) is 6.99. The summed E-state index contributed by atoms with van der Waals surface area (Å²) in [6, 6.07) is 7.15. The zero-order valence-corrected chi connectivity index (χ0v) is 21.6. The number of likely N-dealkylation sites (N-methyl/N-ethyl adjacent to an activating group) is 1. The first kappa shape index (κ1) is 23.3. The average Bonchev–Trinajstić information content (AvgIpc) is 3.41. The lowest BCUT2D eigenvalue weighted by Crippen LogP contribution is -2.31. The first-order valence-electron chi connectivity index (χ1n) is 11.2. The number of amides is 1. The smallest absolute Gasteiger partial charge is 0.268 e. The van der Waals surface area contributed by atoms with Gasteiger partial charge >= 0.3 is 0 Å². The third kappa shape index (κ3) is 3.92. The van der Waals surface area contributed by atoms with Crippen molar-refractivity contribution in [1.82, 2.24) is 29.0 Å². The van der Waals surface area contributed by atoms with Crippen LogP contribution in [0, 0.1) is 0 Å². The molecule has 4 aromatic rings. The van der Waals surface area contributed by atoms with Crippen LogP contribution in [0.1, 0.15) is 24.3 Å². The van der Waals surface area contributed by atoms with Crippen LogP contribution in [0.2, 0.25) is 5.02 Å². The summed E-state index contributed by atoms with van der Waals surface area (Å²) in [7, 11) is 2.09. The van der Waals surface area contributed by atoms with Gasteiger partial charge in [-0.15, -0.1) is 21.5 Å². The number of nitrogens with zero attached hydrogens (tertiary/aromatic N) is 6. The van der Waals surface area contributed by atoms with Gasteiger partial charge in [0.2, 0.25) is 11.7 Å². The van der Waals surface area contributed by atoms with Crippen LogP contribution in [0.3, 0.4) is 0 Å². The molecule has 0 radical (unpaired) electrons. The van der Waals surface area contributed by atoms with E-state index < -0.39 is 0 Å². The quantitative estimate of drug-likeness (QED) is 0.364. The van der Waals surface area contributed by atoms with E-state index in [-0.39, 0.29) is 17.2 Å². The topological polar surface area (TPSA) is 75.7 Å². The molecule has 0 bridgehead atoms. The third-order valence-electron chi connectivity index (χ3n) is 6.19. The number of rotatable bonds is 6. The predicted octanol–water partition coefficient (Wildman–Crippen LogP) is 3.70. The van der Waals surface area contributed by atoms with Crippen LogP contribution in [0.15, 0.2) is 34.2 Å². The fraction of sp³-hybridized carbons (Fsp3) is 0.391. The number of hydrogen-bond acceptors (Lipinski definition) is 7. The molecule has 5 rings (SSSR count). The number of carbonyl (C=O) groups excluding carboxylic acids is 1. The van der Waals surface area contributed by atoms with Crippen molar-refractivity contribution in [3.05, 3.63) is 50.1 Å². The summed E-state index contributed by atoms with van der Waals surface area (Å²) in [5.74, 6) is 0.753. The minimum absolute atomic E-state index is 0.0566. The minimum Gasteiger partial charge on any atom is -0.343 e. The van der Waals surface area contributed by atoms with Crippen molar-refractivity contribution >= 4 is 56.6 Å². The Kier molecular flexibility index (Phi) is 6.41. The molecule has 34 heavy (non-hydrogen) atoms. The minimum atomic E-state index is -0.102. The number of fused-ring (bicyclic) bond motifs is 5. The van der Waals surface area contributed by atoms with Gasteiger partial charge in [-0.1, -0.05) is 23.4 Å². The molecule has 8 nitrogen and oxygen atoms in total. The highest BCUT2D eigenvalue weighted by Crippen LogP contribution is 2.35. The Labute approximate surface area is 210 Å². The predicted molar refractivity (Wildman–Crippen MR) is 138 cm³/mol. The van der Waals surface area contributed by atoms with Gasteiger partial charge in [0.25, 0.3) is 5.56 Å². The van der Waals surface area contributed by atoms with Crippen molar-refractivity contribution < 1.29 is 4.79 Å². The molecule has 1 aliphatic heterocycles. The molecule has 0 saturated heterocycles. The molecular formula is C23H25ClN6O2S2. The fourth-order valence-corrected chi connectivity index (χ4v) is 6.83. The molecular weight excluding hydrogens is 492 g/mol. The van der Waals surface area contributed by atoms with E-state index >= 15 is 0 Å². The van der Waals surface area contributed by atoms with Gasteiger partial charge in [-0.05, 0) is 57.1 Å². The molecule has 0 unspecified atom stereocenters. The highest BCUT2D eigenvalue weighted by Gasteiger charge is 2.27. The van der Waals surface area contributed by atoms with Crippen LogP contribution in [0.25, 0.3) is 21.7 Å². The summed E-state index contributed by atoms with van der Waals surface area (Å²) in [5, 5.41) is 10.7. The number of halogens is 1. The molecule has 1 amide bonds. The maximum Gasteiger partial charge on any atom is 0.268 e. The van der Waals surface area contributed by atoms with Crippen molar-refractivity contribution in [3.8, 4) is 5.69 Å². The lowest BCUT2D eigenvalue weighted by molar-refractivity contribution is -0.127. The van der Waals surface area contributed by atoms with E-state index in [1.165, 1.54) is 16.6 Å². The van der Waals surface area contributed by atoms with Crippen LogP contribution in [-0.2, 0) is 17.8 Å². The van der Waals surface area contributed by atoms with E-state index in [1.807, 2.05) is 30.4 Å². The van der Waals surface area contributed by atoms with Gasteiger partial charge in [0.1, 0.15) is 4.83 Å². The Morgan fingerprint density at radius 2 is 1.94 bits per heavy atom. The average molecular weight is 517 g/mol. The molecule has 0 spiro atoms. The summed E-state index contributed by atoms with van der Waals surface area (Å²) >= 11 is 9.08. The molecule has 4 heterocycles. The standard InChI is InChI=1S/C23H25ClN6O2S2/c1-4-28(5-2)18(31)13-33-23-26-25-22-29(15-8-6-14(24)7-9-15)20(32)19-16-10-11-27(3)12-17(16)34-21(19)30(22)23/h6-9H,4-5,10-13H2,1-3H3. The number of hydrogen-bond donors (Lipinski definition) is 0. The number of aromatic nitrogens is 4. The Morgan fingerprint density at radius 1 is 1.21 bits per heavy atom. The van der Waals surface area contributed by atoms with E-state index in [2.05, 4.69) is 22.1 Å². The zero-order chi connectivity index (χ0) is 24.0. The second kappa shape index (κ2) is 9.33. The molecule has 1 aliphatic rings. The Balaban J connectivity index is 1.72. The Hall–Kier alpha value is -2.40. The van der Waals surface area contributed by atoms with Gasteiger partial charge in [0.05, 0.1) is 16.8 Å². The van der Waals surface area contributed by atoms with Crippen molar-refractivity contribution in [3.63, 3.8) is 0 Å². The molecule has 3 aromatic heterocycles. The van der Waals surface area contributed by atoms with E-state index in [0.29, 0.717) is 40.1 Å². The van der Waals surface area contributed by atoms with Crippen molar-refractivity contribution in [2.24, 2.45) is 0 Å². The Morgan fingerprint density at radius 3 is 2.65 bits per heavy atom. The molecule has 178 valence electrons. The lowest BCUT2D eigenvalue weighted by Gasteiger charge is -2.21. The van der Waals surface area contributed by atoms with E-state index in [4.69, 9.17) is 11.6 Å². The first-order valence-corrected chi connectivity index (χ1v) is 13.4. The largest absolute Gasteiger partial charge is 0.343 e. The van der Waals surface area contributed by atoms with Crippen molar-refractivity contribution in [2.75, 3.05) is 32.4 Å². The number of thioether (sulfide) groups is 1. The highest BCUT2D eigenvalue weighted by atomic mass is 35.5. The van der Waals surface area contributed by atoms with Crippen LogP contribution >= 0.6 is 34.7 Å². The van der Waals surface area contributed by atoms with E-state index in [9.17, 15) is 9.59 Å². The van der Waals surface area contributed by atoms with Crippen LogP contribution in [-0.4, -0.2) is 67.3 Å². The number of thiophene rings is 1. The Bertz CT molecular complexity index is 1440. The highest BCUT2D eigenvalue weighted by molar-refractivity contribution is 7.99. The molecule has 0 atom stereocenters. The van der Waals surface area contributed by atoms with E-state index in [1.54, 1.807) is 32.9 Å². The van der Waals surface area contributed by atoms with Gasteiger partial charge < -0.3 is 9.80 Å². The summed E-state index contributed by atoms with van der Waals surface area (Å²) in [4.78, 5) is 32.6. The molecule has 0 fully saturated rings. The third-order valence-corrected chi connectivity index (χ3v) is 8.56. The van der Waals surface area contributed by atoms with E-state index in [0.717, 1.165) is 29.9 Å². The monoisotopic (exact) mass is 516 g/mol. The zero-order valence-electron chi connectivity index (χ0n) is 19.2. The van der Waals surface area contributed by atoms with Crippen molar-refractivity contribution in [1.29, 1.82) is 0 Å². The van der Waals surface area contributed by atoms with Crippen LogP contribution in [0.4, 0.5) is 0 Å².